The van der Waals surface area contributed by atoms with Crippen molar-refractivity contribution in [1.29, 1.82) is 0 Å². The smallest absolute Gasteiger partial charge is 0.318 e. The summed E-state index contributed by atoms with van der Waals surface area (Å²) in [5.74, 6) is 0.603. The molecule has 166 valence electrons. The minimum Gasteiger partial charge on any atom is -0.396 e. The van der Waals surface area contributed by atoms with E-state index in [1.807, 2.05) is 50.4 Å². The Kier molecular flexibility index (Phi) is 6.38. The molecule has 8 nitrogen and oxygen atoms in total. The molecule has 1 aromatic heterocycles. The van der Waals surface area contributed by atoms with Crippen LogP contribution in [0.1, 0.15) is 56.0 Å². The van der Waals surface area contributed by atoms with Gasteiger partial charge in [0.2, 0.25) is 5.95 Å². The Labute approximate surface area is 183 Å². The van der Waals surface area contributed by atoms with Crippen LogP contribution in [-0.2, 0) is 16.8 Å². The second-order valence-electron chi connectivity index (χ2n) is 8.66. The average Bonchev–Trinajstić information content (AvgIpc) is 3.05. The maximum Gasteiger partial charge on any atom is 0.318 e. The van der Waals surface area contributed by atoms with Crippen LogP contribution in [0.3, 0.4) is 0 Å². The second kappa shape index (κ2) is 9.20. The molecule has 1 saturated heterocycles. The molecular formula is C23H31N5O3. The summed E-state index contributed by atoms with van der Waals surface area (Å²) < 4.78 is 5.41. The van der Waals surface area contributed by atoms with Gasteiger partial charge in [-0.05, 0) is 38.7 Å². The highest BCUT2D eigenvalue weighted by atomic mass is 16.5. The number of nitrogens with one attached hydrogen (secondary N) is 2. The van der Waals surface area contributed by atoms with Gasteiger partial charge in [0.1, 0.15) is 0 Å². The summed E-state index contributed by atoms with van der Waals surface area (Å²) >= 11 is 0. The third kappa shape index (κ3) is 4.65. The minimum atomic E-state index is -0.531. The number of carbonyl (C=O) groups is 1. The van der Waals surface area contributed by atoms with Crippen molar-refractivity contribution in [2.24, 2.45) is 0 Å². The molecule has 0 spiro atoms. The Morgan fingerprint density at radius 3 is 2.74 bits per heavy atom. The van der Waals surface area contributed by atoms with Crippen molar-refractivity contribution in [3.63, 3.8) is 0 Å². The highest BCUT2D eigenvalue weighted by Crippen LogP contribution is 2.38. The maximum atomic E-state index is 13.2. The van der Waals surface area contributed by atoms with Gasteiger partial charge >= 0.3 is 6.03 Å². The average molecular weight is 426 g/mol. The van der Waals surface area contributed by atoms with Gasteiger partial charge < -0.3 is 25.4 Å². The molecule has 4 rings (SSSR count). The summed E-state index contributed by atoms with van der Waals surface area (Å²) in [6.45, 7) is 5.93. The third-order valence-corrected chi connectivity index (χ3v) is 6.23. The van der Waals surface area contributed by atoms with E-state index in [0.717, 1.165) is 42.9 Å². The zero-order chi connectivity index (χ0) is 21.8. The summed E-state index contributed by atoms with van der Waals surface area (Å²) in [4.78, 5) is 24.3. The molecule has 0 radical (unpaired) electrons. The predicted octanol–water partition coefficient (Wildman–Crippen LogP) is 2.95. The SMILES string of the molecule is CC1(C)c2cnc(NC3CCOCC3)nc2CN1C(=O)NC(CCO)c1ccccc1. The van der Waals surface area contributed by atoms with Crippen LogP contribution < -0.4 is 10.6 Å². The molecule has 1 unspecified atom stereocenters. The fourth-order valence-corrected chi connectivity index (χ4v) is 4.32. The molecule has 31 heavy (non-hydrogen) atoms. The number of amides is 2. The number of aliphatic hydroxyl groups excluding tert-OH is 1. The molecule has 2 amide bonds. The lowest BCUT2D eigenvalue weighted by atomic mass is 9.97. The summed E-state index contributed by atoms with van der Waals surface area (Å²) in [7, 11) is 0. The topological polar surface area (TPSA) is 99.6 Å². The summed E-state index contributed by atoms with van der Waals surface area (Å²) in [5, 5.41) is 16.0. The van der Waals surface area contributed by atoms with Crippen LogP contribution in [0.4, 0.5) is 10.7 Å². The number of hydrogen-bond acceptors (Lipinski definition) is 6. The van der Waals surface area contributed by atoms with Crippen molar-refractivity contribution in [1.82, 2.24) is 20.2 Å². The number of anilines is 1. The largest absolute Gasteiger partial charge is 0.396 e. The van der Waals surface area contributed by atoms with Gasteiger partial charge in [-0.3, -0.25) is 0 Å². The summed E-state index contributed by atoms with van der Waals surface area (Å²) in [6, 6.07) is 9.61. The van der Waals surface area contributed by atoms with Gasteiger partial charge in [-0.2, -0.15) is 0 Å². The number of hydrogen-bond donors (Lipinski definition) is 3. The molecule has 1 aromatic carbocycles. The second-order valence-corrected chi connectivity index (χ2v) is 8.66. The van der Waals surface area contributed by atoms with Crippen LogP contribution in [0, 0.1) is 0 Å². The van der Waals surface area contributed by atoms with Gasteiger partial charge in [-0.25, -0.2) is 14.8 Å². The van der Waals surface area contributed by atoms with E-state index >= 15 is 0 Å². The van der Waals surface area contributed by atoms with Crippen LogP contribution in [0.2, 0.25) is 0 Å². The molecule has 3 N–H and O–H groups in total. The zero-order valence-corrected chi connectivity index (χ0v) is 18.2. The van der Waals surface area contributed by atoms with Gasteiger partial charge in [0.05, 0.1) is 23.8 Å². The Morgan fingerprint density at radius 1 is 1.29 bits per heavy atom. The van der Waals surface area contributed by atoms with Gasteiger partial charge in [-0.1, -0.05) is 30.3 Å². The number of benzene rings is 1. The van der Waals surface area contributed by atoms with Crippen LogP contribution in [0.5, 0.6) is 0 Å². The monoisotopic (exact) mass is 425 g/mol. The van der Waals surface area contributed by atoms with Crippen molar-refractivity contribution >= 4 is 12.0 Å². The molecular weight excluding hydrogens is 394 g/mol. The summed E-state index contributed by atoms with van der Waals surface area (Å²) in [6.07, 6.45) is 4.16. The fourth-order valence-electron chi connectivity index (χ4n) is 4.32. The van der Waals surface area contributed by atoms with E-state index in [9.17, 15) is 9.90 Å². The number of aromatic nitrogens is 2. The van der Waals surface area contributed by atoms with E-state index in [2.05, 4.69) is 15.6 Å². The van der Waals surface area contributed by atoms with Crippen LogP contribution in [0.25, 0.3) is 0 Å². The quantitative estimate of drug-likeness (QED) is 0.658. The van der Waals surface area contributed by atoms with E-state index in [0.29, 0.717) is 25.0 Å². The highest BCUT2D eigenvalue weighted by Gasteiger charge is 2.42. The van der Waals surface area contributed by atoms with Gasteiger partial charge in [-0.15, -0.1) is 0 Å². The standard InChI is InChI=1S/C23H31N5O3/c1-23(2)18-14-24-21(25-17-9-12-31-13-10-17)26-20(18)15-28(23)22(30)27-19(8-11-29)16-6-4-3-5-7-16/h3-7,14,17,19,29H,8-13,15H2,1-2H3,(H,27,30)(H,24,25,26). The Bertz CT molecular complexity index is 899. The van der Waals surface area contributed by atoms with Crippen molar-refractivity contribution in [3.8, 4) is 0 Å². The minimum absolute atomic E-state index is 0.00380. The number of fused-ring (bicyclic) bond motifs is 1. The maximum absolute atomic E-state index is 13.2. The van der Waals surface area contributed by atoms with Crippen LogP contribution in [0.15, 0.2) is 36.5 Å². The van der Waals surface area contributed by atoms with E-state index in [1.54, 1.807) is 4.90 Å². The number of rotatable bonds is 6. The molecule has 0 saturated carbocycles. The molecule has 1 atom stereocenters. The van der Waals surface area contributed by atoms with Crippen LogP contribution >= 0.6 is 0 Å². The fraction of sp³-hybridized carbons (Fsp3) is 0.522. The first kappa shape index (κ1) is 21.5. The first-order chi connectivity index (χ1) is 15.0. The lowest BCUT2D eigenvalue weighted by molar-refractivity contribution is 0.0903. The van der Waals surface area contributed by atoms with E-state index < -0.39 is 5.54 Å². The summed E-state index contributed by atoms with van der Waals surface area (Å²) in [5.41, 5.74) is 2.26. The zero-order valence-electron chi connectivity index (χ0n) is 18.2. The molecule has 2 aliphatic rings. The lowest BCUT2D eigenvalue weighted by Crippen LogP contribution is -2.47. The lowest BCUT2D eigenvalue weighted by Gasteiger charge is -2.33. The highest BCUT2D eigenvalue weighted by molar-refractivity contribution is 5.77. The Balaban J connectivity index is 1.48. The van der Waals surface area contributed by atoms with Crippen molar-refractivity contribution in [2.75, 3.05) is 25.1 Å². The van der Waals surface area contributed by atoms with Crippen molar-refractivity contribution in [2.45, 2.75) is 57.3 Å². The number of ether oxygens (including phenoxy) is 1. The van der Waals surface area contributed by atoms with Gasteiger partial charge in [0, 0.05) is 37.6 Å². The molecule has 3 heterocycles. The van der Waals surface area contributed by atoms with E-state index in [4.69, 9.17) is 9.72 Å². The first-order valence-corrected chi connectivity index (χ1v) is 10.9. The van der Waals surface area contributed by atoms with Gasteiger partial charge in [0.25, 0.3) is 0 Å². The number of urea groups is 1. The number of aliphatic hydroxyl groups is 1. The van der Waals surface area contributed by atoms with Crippen LogP contribution in [-0.4, -0.2) is 51.9 Å². The van der Waals surface area contributed by atoms with Gasteiger partial charge in [0.15, 0.2) is 0 Å². The molecule has 2 aromatic rings. The Hall–Kier alpha value is -2.71. The number of carbonyl (C=O) groups excluding carboxylic acids is 1. The predicted molar refractivity (Wildman–Crippen MR) is 117 cm³/mol. The third-order valence-electron chi connectivity index (χ3n) is 6.23. The Morgan fingerprint density at radius 2 is 2.03 bits per heavy atom. The molecule has 0 bridgehead atoms. The molecule has 1 fully saturated rings. The van der Waals surface area contributed by atoms with E-state index in [-0.39, 0.29) is 18.7 Å². The molecule has 2 aliphatic heterocycles. The number of nitrogens with zero attached hydrogens (tertiary/aromatic N) is 3. The normalized spacial score (nSPS) is 19.0. The molecule has 8 heteroatoms. The first-order valence-electron chi connectivity index (χ1n) is 10.9. The van der Waals surface area contributed by atoms with E-state index in [1.165, 1.54) is 0 Å². The van der Waals surface area contributed by atoms with Crippen molar-refractivity contribution < 1.29 is 14.6 Å². The molecule has 0 aliphatic carbocycles. The van der Waals surface area contributed by atoms with Crippen molar-refractivity contribution in [3.05, 3.63) is 53.3 Å².